The molecule has 0 aliphatic rings. The van der Waals surface area contributed by atoms with E-state index in [0.29, 0.717) is 27.2 Å². The fourth-order valence-corrected chi connectivity index (χ4v) is 4.06. The average Bonchev–Trinajstić information content (AvgIpc) is 3.27. The smallest absolute Gasteiger partial charge is 0.295 e. The molecule has 4 aromatic carbocycles. The van der Waals surface area contributed by atoms with Crippen molar-refractivity contribution < 1.29 is 4.79 Å². The number of carbonyl (C=O) groups is 1. The Morgan fingerprint density at radius 1 is 0.879 bits per heavy atom. The zero-order chi connectivity index (χ0) is 22.9. The maximum atomic E-state index is 13.2. The molecule has 1 heterocycles. The average molecular weight is 538 g/mol. The molecule has 0 saturated carbocycles. The van der Waals surface area contributed by atoms with Crippen LogP contribution in [0.25, 0.3) is 27.8 Å². The Kier molecular flexibility index (Phi) is 5.89. The molecule has 0 bridgehead atoms. The van der Waals surface area contributed by atoms with E-state index in [1.165, 1.54) is 0 Å². The number of benzene rings is 4. The number of aromatic nitrogens is 3. The van der Waals surface area contributed by atoms with Crippen molar-refractivity contribution in [2.45, 2.75) is 0 Å². The quantitative estimate of drug-likeness (QED) is 0.259. The summed E-state index contributed by atoms with van der Waals surface area (Å²) in [6.45, 7) is 0. The van der Waals surface area contributed by atoms with Crippen LogP contribution in [0.15, 0.2) is 89.4 Å². The minimum absolute atomic E-state index is 0.0342. The number of hydrogen-bond acceptors (Lipinski definition) is 3. The lowest BCUT2D eigenvalue weighted by Gasteiger charge is -2.07. The lowest BCUT2D eigenvalue weighted by Crippen LogP contribution is -2.14. The molecule has 0 radical (unpaired) electrons. The first-order valence-corrected chi connectivity index (χ1v) is 11.5. The number of amides is 1. The van der Waals surface area contributed by atoms with Crippen LogP contribution in [0.1, 0.15) is 10.6 Å². The number of fused-ring (bicyclic) bond motifs is 1. The first-order chi connectivity index (χ1) is 16.0. The van der Waals surface area contributed by atoms with Crippen LogP contribution in [0, 0.1) is 0 Å². The summed E-state index contributed by atoms with van der Waals surface area (Å²) in [5, 5.41) is 10.2. The van der Waals surface area contributed by atoms with Gasteiger partial charge in [-0.1, -0.05) is 87.7 Å². The Morgan fingerprint density at radius 3 is 2.42 bits per heavy atom. The van der Waals surface area contributed by atoms with E-state index >= 15 is 0 Å². The third-order valence-corrected chi connectivity index (χ3v) is 6.37. The predicted molar refractivity (Wildman–Crippen MR) is 136 cm³/mol. The molecular formula is C25H15BrCl2N4O. The molecule has 1 amide bonds. The number of anilines is 1. The molecule has 0 unspecified atom stereocenters. The third-order valence-electron chi connectivity index (χ3n) is 5.10. The van der Waals surface area contributed by atoms with E-state index in [1.54, 1.807) is 22.9 Å². The van der Waals surface area contributed by atoms with E-state index in [0.717, 1.165) is 20.8 Å². The zero-order valence-electron chi connectivity index (χ0n) is 17.0. The molecule has 0 fully saturated rings. The lowest BCUT2D eigenvalue weighted by atomic mass is 10.1. The summed E-state index contributed by atoms with van der Waals surface area (Å²) >= 11 is 15.8. The van der Waals surface area contributed by atoms with Gasteiger partial charge >= 0.3 is 0 Å². The first kappa shape index (κ1) is 21.6. The second kappa shape index (κ2) is 8.98. The molecule has 162 valence electrons. The van der Waals surface area contributed by atoms with Crippen LogP contribution < -0.4 is 5.32 Å². The molecule has 0 saturated heterocycles. The van der Waals surface area contributed by atoms with E-state index < -0.39 is 5.91 Å². The highest BCUT2D eigenvalue weighted by Gasteiger charge is 2.20. The van der Waals surface area contributed by atoms with Gasteiger partial charge in [-0.3, -0.25) is 4.79 Å². The Balaban J connectivity index is 1.58. The Bertz CT molecular complexity index is 1490. The Labute approximate surface area is 208 Å². The highest BCUT2D eigenvalue weighted by atomic mass is 79.9. The molecule has 33 heavy (non-hydrogen) atoms. The van der Waals surface area contributed by atoms with Crippen LogP contribution in [0.3, 0.4) is 0 Å². The van der Waals surface area contributed by atoms with Crippen LogP contribution in [-0.2, 0) is 0 Å². The zero-order valence-corrected chi connectivity index (χ0v) is 20.1. The van der Waals surface area contributed by atoms with Gasteiger partial charge in [-0.25, -0.2) is 9.67 Å². The third kappa shape index (κ3) is 4.37. The Hall–Kier alpha value is -3.19. The number of hydrogen-bond donors (Lipinski definition) is 1. The molecule has 8 heteroatoms. The molecule has 1 N–H and O–H groups in total. The minimum Gasteiger partial charge on any atom is -0.319 e. The summed E-state index contributed by atoms with van der Waals surface area (Å²) < 4.78 is 2.52. The second-order valence-electron chi connectivity index (χ2n) is 7.26. The summed E-state index contributed by atoms with van der Waals surface area (Å²) in [7, 11) is 0. The van der Waals surface area contributed by atoms with Crippen molar-refractivity contribution in [1.82, 2.24) is 14.8 Å². The van der Waals surface area contributed by atoms with Crippen LogP contribution >= 0.6 is 39.1 Å². The molecule has 5 aromatic rings. The van der Waals surface area contributed by atoms with Gasteiger partial charge in [-0.15, -0.1) is 5.10 Å². The van der Waals surface area contributed by atoms with Gasteiger partial charge in [-0.05, 0) is 41.8 Å². The Morgan fingerprint density at radius 2 is 1.64 bits per heavy atom. The summed E-state index contributed by atoms with van der Waals surface area (Å²) in [6, 6.07) is 26.3. The molecule has 0 spiro atoms. The van der Waals surface area contributed by atoms with Gasteiger partial charge < -0.3 is 5.32 Å². The standard InChI is InChI=1S/C25H15BrCl2N4O/c26-17-10-8-16(9-11-17)24-30-23(31-32(24)18-12-13-20(27)21(28)14-18)25(33)29-22-7-3-5-15-4-1-2-6-19(15)22/h1-14H,(H,29,33). The summed E-state index contributed by atoms with van der Waals surface area (Å²) in [6.07, 6.45) is 0. The molecule has 5 rings (SSSR count). The van der Waals surface area contributed by atoms with Crippen molar-refractivity contribution in [2.75, 3.05) is 5.32 Å². The van der Waals surface area contributed by atoms with Crippen molar-refractivity contribution in [1.29, 1.82) is 0 Å². The number of nitrogens with zero attached hydrogens (tertiary/aromatic N) is 3. The SMILES string of the molecule is O=C(Nc1cccc2ccccc12)c1nc(-c2ccc(Br)cc2)n(-c2ccc(Cl)c(Cl)c2)n1. The fraction of sp³-hybridized carbons (Fsp3) is 0. The van der Waals surface area contributed by atoms with Crippen LogP contribution in [0.5, 0.6) is 0 Å². The summed E-state index contributed by atoms with van der Waals surface area (Å²) in [5.74, 6) is 0.124. The van der Waals surface area contributed by atoms with Crippen LogP contribution in [0.2, 0.25) is 10.0 Å². The van der Waals surface area contributed by atoms with Gasteiger partial charge in [0.2, 0.25) is 5.82 Å². The highest BCUT2D eigenvalue weighted by molar-refractivity contribution is 9.10. The van der Waals surface area contributed by atoms with Crippen molar-refractivity contribution in [3.05, 3.63) is 105 Å². The van der Waals surface area contributed by atoms with Gasteiger partial charge in [-0.2, -0.15) is 0 Å². The van der Waals surface area contributed by atoms with E-state index in [-0.39, 0.29) is 5.82 Å². The molecule has 5 nitrogen and oxygen atoms in total. The van der Waals surface area contributed by atoms with E-state index in [4.69, 9.17) is 23.2 Å². The largest absolute Gasteiger partial charge is 0.319 e. The number of nitrogens with one attached hydrogen (secondary N) is 1. The van der Waals surface area contributed by atoms with E-state index in [9.17, 15) is 4.79 Å². The van der Waals surface area contributed by atoms with Crippen molar-refractivity contribution in [3.63, 3.8) is 0 Å². The van der Waals surface area contributed by atoms with Crippen molar-refractivity contribution in [2.24, 2.45) is 0 Å². The number of halogens is 3. The summed E-state index contributed by atoms with van der Waals surface area (Å²) in [5.41, 5.74) is 2.12. The van der Waals surface area contributed by atoms with Crippen LogP contribution in [0.4, 0.5) is 5.69 Å². The van der Waals surface area contributed by atoms with Crippen LogP contribution in [-0.4, -0.2) is 20.7 Å². The molecule has 1 aromatic heterocycles. The fourth-order valence-electron chi connectivity index (χ4n) is 3.50. The lowest BCUT2D eigenvalue weighted by molar-refractivity contribution is 0.101. The van der Waals surface area contributed by atoms with E-state index in [1.807, 2.05) is 66.7 Å². The topological polar surface area (TPSA) is 59.8 Å². The van der Waals surface area contributed by atoms with Gasteiger partial charge in [0.1, 0.15) is 0 Å². The van der Waals surface area contributed by atoms with Gasteiger partial charge in [0.05, 0.1) is 15.7 Å². The molecule has 0 atom stereocenters. The maximum Gasteiger partial charge on any atom is 0.295 e. The maximum absolute atomic E-state index is 13.2. The normalized spacial score (nSPS) is 11.0. The molecule has 0 aliphatic carbocycles. The second-order valence-corrected chi connectivity index (χ2v) is 8.99. The minimum atomic E-state index is -0.413. The van der Waals surface area contributed by atoms with Crippen molar-refractivity contribution >= 4 is 61.5 Å². The van der Waals surface area contributed by atoms with Gasteiger partial charge in [0, 0.05) is 21.1 Å². The van der Waals surface area contributed by atoms with E-state index in [2.05, 4.69) is 31.3 Å². The summed E-state index contributed by atoms with van der Waals surface area (Å²) in [4.78, 5) is 17.7. The number of carbonyl (C=O) groups excluding carboxylic acids is 1. The van der Waals surface area contributed by atoms with Gasteiger partial charge in [0.15, 0.2) is 5.82 Å². The van der Waals surface area contributed by atoms with Gasteiger partial charge in [0.25, 0.3) is 5.91 Å². The number of rotatable bonds is 4. The highest BCUT2D eigenvalue weighted by Crippen LogP contribution is 2.29. The molecule has 0 aliphatic heterocycles. The monoisotopic (exact) mass is 536 g/mol. The first-order valence-electron chi connectivity index (χ1n) is 9.97. The predicted octanol–water partition coefficient (Wildman–Crippen LogP) is 7.41. The molecular weight excluding hydrogens is 523 g/mol. The van der Waals surface area contributed by atoms with Crippen molar-refractivity contribution in [3.8, 4) is 17.1 Å².